The van der Waals surface area contributed by atoms with Gasteiger partial charge < -0.3 is 20.3 Å². The Morgan fingerprint density at radius 2 is 2.12 bits per heavy atom. The predicted molar refractivity (Wildman–Crippen MR) is 61.1 cm³/mol. The largest absolute Gasteiger partial charge is 0.446 e. The fourth-order valence-corrected chi connectivity index (χ4v) is 1.27. The number of aliphatic hydroxyl groups is 1. The Labute approximate surface area is 96.9 Å². The Morgan fingerprint density at radius 3 is 2.62 bits per heavy atom. The van der Waals surface area contributed by atoms with E-state index in [0.717, 1.165) is 12.8 Å². The molecular weight excluding hydrogens is 210 g/mol. The van der Waals surface area contributed by atoms with Crippen LogP contribution in [0.15, 0.2) is 0 Å². The van der Waals surface area contributed by atoms with E-state index in [9.17, 15) is 4.79 Å². The van der Waals surface area contributed by atoms with Crippen LogP contribution in [0.1, 0.15) is 33.1 Å². The molecule has 0 aliphatic carbocycles. The normalized spacial score (nSPS) is 14.4. The van der Waals surface area contributed by atoms with Gasteiger partial charge in [-0.3, -0.25) is 0 Å². The summed E-state index contributed by atoms with van der Waals surface area (Å²) in [6.07, 6.45) is 1.50. The van der Waals surface area contributed by atoms with Crippen molar-refractivity contribution in [2.75, 3.05) is 19.8 Å². The number of primary amides is 1. The maximum Gasteiger partial charge on any atom is 0.404 e. The molecule has 0 aromatic carbocycles. The SMILES string of the molecule is CCCCOCCC(OC(N)=O)C(C)CO. The van der Waals surface area contributed by atoms with Crippen molar-refractivity contribution in [1.29, 1.82) is 0 Å². The summed E-state index contributed by atoms with van der Waals surface area (Å²) in [6, 6.07) is 0. The minimum absolute atomic E-state index is 0.0348. The second kappa shape index (κ2) is 9.42. The third kappa shape index (κ3) is 7.48. The van der Waals surface area contributed by atoms with Crippen molar-refractivity contribution in [1.82, 2.24) is 0 Å². The summed E-state index contributed by atoms with van der Waals surface area (Å²) in [5.41, 5.74) is 4.95. The third-order valence-electron chi connectivity index (χ3n) is 2.38. The van der Waals surface area contributed by atoms with E-state index in [1.165, 1.54) is 0 Å². The number of hydrogen-bond donors (Lipinski definition) is 2. The van der Waals surface area contributed by atoms with Crippen molar-refractivity contribution >= 4 is 6.09 Å². The first kappa shape index (κ1) is 15.2. The van der Waals surface area contributed by atoms with Crippen LogP contribution < -0.4 is 5.73 Å². The van der Waals surface area contributed by atoms with Crippen LogP contribution in [0.5, 0.6) is 0 Å². The fraction of sp³-hybridized carbons (Fsp3) is 0.909. The zero-order chi connectivity index (χ0) is 12.4. The molecule has 5 heteroatoms. The van der Waals surface area contributed by atoms with Crippen LogP contribution in [0.25, 0.3) is 0 Å². The molecule has 0 fully saturated rings. The van der Waals surface area contributed by atoms with E-state index in [-0.39, 0.29) is 18.6 Å². The van der Waals surface area contributed by atoms with E-state index in [4.69, 9.17) is 20.3 Å². The van der Waals surface area contributed by atoms with Crippen molar-refractivity contribution in [3.05, 3.63) is 0 Å². The molecule has 16 heavy (non-hydrogen) atoms. The lowest BCUT2D eigenvalue weighted by Gasteiger charge is -2.21. The van der Waals surface area contributed by atoms with Crippen LogP contribution in [-0.2, 0) is 9.47 Å². The van der Waals surface area contributed by atoms with E-state index in [1.807, 2.05) is 0 Å². The molecule has 5 nitrogen and oxygen atoms in total. The summed E-state index contributed by atoms with van der Waals surface area (Å²) < 4.78 is 10.3. The van der Waals surface area contributed by atoms with Gasteiger partial charge in [-0.05, 0) is 6.42 Å². The van der Waals surface area contributed by atoms with Gasteiger partial charge in [-0.25, -0.2) is 4.79 Å². The van der Waals surface area contributed by atoms with E-state index < -0.39 is 6.09 Å². The second-order valence-electron chi connectivity index (χ2n) is 3.89. The molecule has 2 unspecified atom stereocenters. The molecule has 0 rings (SSSR count). The first-order valence-corrected chi connectivity index (χ1v) is 5.76. The summed E-state index contributed by atoms with van der Waals surface area (Å²) in [5, 5.41) is 8.99. The van der Waals surface area contributed by atoms with Gasteiger partial charge in [-0.2, -0.15) is 0 Å². The summed E-state index contributed by atoms with van der Waals surface area (Å²) in [7, 11) is 0. The molecule has 0 aliphatic heterocycles. The number of hydrogen-bond acceptors (Lipinski definition) is 4. The van der Waals surface area contributed by atoms with Gasteiger partial charge >= 0.3 is 6.09 Å². The van der Waals surface area contributed by atoms with Crippen LogP contribution >= 0.6 is 0 Å². The van der Waals surface area contributed by atoms with Gasteiger partial charge in [0, 0.05) is 25.6 Å². The predicted octanol–water partition coefficient (Wildman–Crippen LogP) is 1.29. The molecule has 0 aliphatic rings. The minimum Gasteiger partial charge on any atom is -0.446 e. The topological polar surface area (TPSA) is 81.8 Å². The van der Waals surface area contributed by atoms with Crippen molar-refractivity contribution < 1.29 is 19.4 Å². The van der Waals surface area contributed by atoms with Crippen LogP contribution in [0.2, 0.25) is 0 Å². The Hall–Kier alpha value is -0.810. The molecule has 0 radical (unpaired) electrons. The lowest BCUT2D eigenvalue weighted by Crippen LogP contribution is -2.31. The van der Waals surface area contributed by atoms with Crippen LogP contribution in [0, 0.1) is 5.92 Å². The van der Waals surface area contributed by atoms with Gasteiger partial charge in [0.15, 0.2) is 0 Å². The monoisotopic (exact) mass is 233 g/mol. The molecule has 3 N–H and O–H groups in total. The quantitative estimate of drug-likeness (QED) is 0.588. The smallest absolute Gasteiger partial charge is 0.404 e. The Morgan fingerprint density at radius 1 is 1.44 bits per heavy atom. The standard InChI is InChI=1S/C11H23NO4/c1-3-4-6-15-7-5-10(9(2)8-13)16-11(12)14/h9-10,13H,3-8H2,1-2H3,(H2,12,14). The molecule has 0 aromatic rings. The van der Waals surface area contributed by atoms with E-state index in [0.29, 0.717) is 19.6 Å². The molecule has 1 amide bonds. The summed E-state index contributed by atoms with van der Waals surface area (Å²) >= 11 is 0. The number of amides is 1. The lowest BCUT2D eigenvalue weighted by molar-refractivity contribution is 0.0217. The highest BCUT2D eigenvalue weighted by Crippen LogP contribution is 2.11. The van der Waals surface area contributed by atoms with E-state index in [1.54, 1.807) is 6.92 Å². The van der Waals surface area contributed by atoms with Gasteiger partial charge in [0.2, 0.25) is 0 Å². The molecule has 96 valence electrons. The summed E-state index contributed by atoms with van der Waals surface area (Å²) in [6.45, 7) is 5.10. The number of ether oxygens (including phenoxy) is 2. The zero-order valence-corrected chi connectivity index (χ0v) is 10.1. The van der Waals surface area contributed by atoms with Crippen LogP contribution in [0.4, 0.5) is 4.79 Å². The Balaban J connectivity index is 3.78. The molecule has 0 heterocycles. The maximum absolute atomic E-state index is 10.6. The Kier molecular flexibility index (Phi) is 8.94. The highest BCUT2D eigenvalue weighted by Gasteiger charge is 2.19. The molecule has 0 aromatic heterocycles. The number of carbonyl (C=O) groups excluding carboxylic acids is 1. The third-order valence-corrected chi connectivity index (χ3v) is 2.38. The first-order valence-electron chi connectivity index (χ1n) is 5.76. The number of rotatable bonds is 9. The van der Waals surface area contributed by atoms with Crippen molar-refractivity contribution in [2.45, 2.75) is 39.2 Å². The summed E-state index contributed by atoms with van der Waals surface area (Å²) in [5.74, 6) is -0.123. The first-order chi connectivity index (χ1) is 7.61. The zero-order valence-electron chi connectivity index (χ0n) is 10.1. The highest BCUT2D eigenvalue weighted by atomic mass is 16.6. The van der Waals surface area contributed by atoms with Crippen molar-refractivity contribution in [3.8, 4) is 0 Å². The summed E-state index contributed by atoms with van der Waals surface area (Å²) in [4.78, 5) is 10.6. The molecular formula is C11H23NO4. The molecule has 0 saturated carbocycles. The maximum atomic E-state index is 10.6. The van der Waals surface area contributed by atoms with Crippen LogP contribution in [0.3, 0.4) is 0 Å². The average Bonchev–Trinajstić information content (AvgIpc) is 2.25. The van der Waals surface area contributed by atoms with E-state index >= 15 is 0 Å². The van der Waals surface area contributed by atoms with Crippen LogP contribution in [-0.4, -0.2) is 37.1 Å². The average molecular weight is 233 g/mol. The van der Waals surface area contributed by atoms with Gasteiger partial charge in [0.05, 0.1) is 6.61 Å². The van der Waals surface area contributed by atoms with Crippen molar-refractivity contribution in [2.24, 2.45) is 11.7 Å². The second-order valence-corrected chi connectivity index (χ2v) is 3.89. The fourth-order valence-electron chi connectivity index (χ4n) is 1.27. The van der Waals surface area contributed by atoms with Gasteiger partial charge in [-0.1, -0.05) is 20.3 Å². The number of nitrogens with two attached hydrogens (primary N) is 1. The number of unbranched alkanes of at least 4 members (excludes halogenated alkanes) is 1. The van der Waals surface area contributed by atoms with Crippen molar-refractivity contribution in [3.63, 3.8) is 0 Å². The molecule has 0 bridgehead atoms. The minimum atomic E-state index is -0.807. The Bertz CT molecular complexity index is 187. The number of aliphatic hydroxyl groups excluding tert-OH is 1. The molecule has 2 atom stereocenters. The van der Waals surface area contributed by atoms with Gasteiger partial charge in [0.25, 0.3) is 0 Å². The van der Waals surface area contributed by atoms with E-state index in [2.05, 4.69) is 6.92 Å². The highest BCUT2D eigenvalue weighted by molar-refractivity contribution is 5.64. The lowest BCUT2D eigenvalue weighted by atomic mass is 10.0. The molecule has 0 saturated heterocycles. The van der Waals surface area contributed by atoms with Gasteiger partial charge in [-0.15, -0.1) is 0 Å². The number of carbonyl (C=O) groups is 1. The van der Waals surface area contributed by atoms with Gasteiger partial charge in [0.1, 0.15) is 6.10 Å². The molecule has 0 spiro atoms.